The molecule has 0 radical (unpaired) electrons. The Kier molecular flexibility index (Phi) is 3.63. The van der Waals surface area contributed by atoms with Gasteiger partial charge < -0.3 is 16.2 Å². The van der Waals surface area contributed by atoms with E-state index in [0.717, 1.165) is 5.56 Å². The van der Waals surface area contributed by atoms with Crippen molar-refractivity contribution in [1.82, 2.24) is 4.98 Å². The number of carbonyl (C=O) groups is 1. The zero-order valence-corrected chi connectivity index (χ0v) is 10.6. The second-order valence-corrected chi connectivity index (χ2v) is 4.81. The van der Waals surface area contributed by atoms with Gasteiger partial charge in [-0.2, -0.15) is 0 Å². The Bertz CT molecular complexity index is 433. The van der Waals surface area contributed by atoms with Crippen molar-refractivity contribution < 1.29 is 9.53 Å². The molecule has 1 fully saturated rings. The summed E-state index contributed by atoms with van der Waals surface area (Å²) in [6, 6.07) is 1.80. The summed E-state index contributed by atoms with van der Waals surface area (Å²) in [6.45, 7) is 3.34. The molecule has 1 aliphatic rings. The number of hydrogen-bond donors (Lipinski definition) is 2. The highest BCUT2D eigenvalue weighted by Crippen LogP contribution is 2.35. The number of nitrogen functional groups attached to an aromatic ring is 1. The molecule has 1 aliphatic heterocycles. The van der Waals surface area contributed by atoms with E-state index in [2.05, 4.69) is 4.98 Å². The minimum atomic E-state index is -0.542. The first-order valence-electron chi connectivity index (χ1n) is 6.14. The van der Waals surface area contributed by atoms with E-state index in [9.17, 15) is 4.79 Å². The van der Waals surface area contributed by atoms with Crippen molar-refractivity contribution in [2.45, 2.75) is 19.8 Å². The van der Waals surface area contributed by atoms with Crippen LogP contribution in [0.2, 0.25) is 0 Å². The third-order valence-corrected chi connectivity index (χ3v) is 3.74. The van der Waals surface area contributed by atoms with E-state index in [4.69, 9.17) is 16.2 Å². The topological polar surface area (TPSA) is 91.2 Å². The predicted molar refractivity (Wildman–Crippen MR) is 69.3 cm³/mol. The molecule has 4 N–H and O–H groups in total. The maximum atomic E-state index is 12.7. The van der Waals surface area contributed by atoms with Gasteiger partial charge in [-0.25, -0.2) is 4.98 Å². The second kappa shape index (κ2) is 5.04. The Morgan fingerprint density at radius 2 is 2.17 bits per heavy atom. The zero-order chi connectivity index (χ0) is 13.2. The van der Waals surface area contributed by atoms with Gasteiger partial charge in [-0.1, -0.05) is 0 Å². The summed E-state index contributed by atoms with van der Waals surface area (Å²) in [5, 5.41) is 0. The highest BCUT2D eigenvalue weighted by Gasteiger charge is 2.40. The van der Waals surface area contributed by atoms with Crippen LogP contribution in [0.3, 0.4) is 0 Å². The van der Waals surface area contributed by atoms with Crippen molar-refractivity contribution in [3.05, 3.63) is 23.4 Å². The van der Waals surface area contributed by atoms with E-state index in [1.54, 1.807) is 12.3 Å². The predicted octanol–water partition coefficient (Wildman–Crippen LogP) is 0.910. The average molecular weight is 249 g/mol. The zero-order valence-electron chi connectivity index (χ0n) is 10.6. The molecule has 0 aromatic carbocycles. The molecule has 0 bridgehead atoms. The lowest BCUT2D eigenvalue weighted by atomic mass is 9.73. The molecule has 0 unspecified atom stereocenters. The van der Waals surface area contributed by atoms with Crippen LogP contribution in [0, 0.1) is 12.3 Å². The second-order valence-electron chi connectivity index (χ2n) is 4.81. The fourth-order valence-electron chi connectivity index (χ4n) is 2.43. The van der Waals surface area contributed by atoms with E-state index in [1.807, 2.05) is 6.92 Å². The number of aryl methyl sites for hydroxylation is 1. The van der Waals surface area contributed by atoms with Gasteiger partial charge in [-0.15, -0.1) is 0 Å². The molecule has 1 saturated heterocycles. The van der Waals surface area contributed by atoms with Crippen LogP contribution in [0.15, 0.2) is 12.3 Å². The van der Waals surface area contributed by atoms with Crippen molar-refractivity contribution in [2.75, 3.05) is 25.5 Å². The maximum absolute atomic E-state index is 12.7. The molecule has 18 heavy (non-hydrogen) atoms. The number of ketones is 1. The number of aromatic nitrogens is 1. The van der Waals surface area contributed by atoms with Gasteiger partial charge in [0.15, 0.2) is 5.78 Å². The Hall–Kier alpha value is -1.46. The number of carbonyl (C=O) groups excluding carboxylic acids is 1. The average Bonchev–Trinajstić information content (AvgIpc) is 2.39. The molecule has 0 amide bonds. The third kappa shape index (κ3) is 2.11. The Morgan fingerprint density at radius 3 is 2.72 bits per heavy atom. The van der Waals surface area contributed by atoms with Crippen LogP contribution in [-0.2, 0) is 4.74 Å². The van der Waals surface area contributed by atoms with E-state index in [0.29, 0.717) is 44.0 Å². The number of rotatable bonds is 3. The Morgan fingerprint density at radius 1 is 1.50 bits per heavy atom. The first-order valence-corrected chi connectivity index (χ1v) is 6.14. The van der Waals surface area contributed by atoms with E-state index < -0.39 is 5.41 Å². The van der Waals surface area contributed by atoms with Gasteiger partial charge in [0.1, 0.15) is 5.82 Å². The van der Waals surface area contributed by atoms with Crippen molar-refractivity contribution >= 4 is 11.6 Å². The monoisotopic (exact) mass is 249 g/mol. The van der Waals surface area contributed by atoms with E-state index in [-0.39, 0.29) is 5.78 Å². The number of hydrogen-bond acceptors (Lipinski definition) is 5. The van der Waals surface area contributed by atoms with Crippen molar-refractivity contribution in [2.24, 2.45) is 11.1 Å². The first kappa shape index (κ1) is 13.0. The van der Waals surface area contributed by atoms with Crippen LogP contribution in [0.25, 0.3) is 0 Å². The lowest BCUT2D eigenvalue weighted by Crippen LogP contribution is -2.43. The van der Waals surface area contributed by atoms with Gasteiger partial charge in [0.25, 0.3) is 0 Å². The highest BCUT2D eigenvalue weighted by molar-refractivity contribution is 6.05. The summed E-state index contributed by atoms with van der Waals surface area (Å²) in [7, 11) is 0. The summed E-state index contributed by atoms with van der Waals surface area (Å²) < 4.78 is 5.32. The molecule has 5 nitrogen and oxygen atoms in total. The van der Waals surface area contributed by atoms with Crippen LogP contribution >= 0.6 is 0 Å². The molecule has 0 spiro atoms. The first-order chi connectivity index (χ1) is 8.60. The maximum Gasteiger partial charge on any atom is 0.174 e. The normalized spacial score (nSPS) is 18.6. The van der Waals surface area contributed by atoms with E-state index in [1.165, 1.54) is 0 Å². The quantitative estimate of drug-likeness (QED) is 0.777. The number of Topliss-reactive ketones (excluding diaryl/α,β-unsaturated/α-hetero) is 1. The van der Waals surface area contributed by atoms with Crippen LogP contribution in [0.5, 0.6) is 0 Å². The SMILES string of the molecule is Cc1ccnc(N)c1C(=O)C1(CN)CCOCC1. The van der Waals surface area contributed by atoms with Crippen LogP contribution in [0.4, 0.5) is 5.82 Å². The summed E-state index contributed by atoms with van der Waals surface area (Å²) >= 11 is 0. The van der Waals surface area contributed by atoms with Crippen LogP contribution in [-0.4, -0.2) is 30.5 Å². The fourth-order valence-corrected chi connectivity index (χ4v) is 2.43. The van der Waals surface area contributed by atoms with Gasteiger partial charge >= 0.3 is 0 Å². The standard InChI is InChI=1S/C13H19N3O2/c1-9-2-5-16-12(15)10(9)11(17)13(8-14)3-6-18-7-4-13/h2,5H,3-4,6-8,14H2,1H3,(H2,15,16). The van der Waals surface area contributed by atoms with Crippen molar-refractivity contribution in [3.8, 4) is 0 Å². The third-order valence-electron chi connectivity index (χ3n) is 3.74. The number of nitrogens with two attached hydrogens (primary N) is 2. The molecule has 98 valence electrons. The lowest BCUT2D eigenvalue weighted by Gasteiger charge is -2.35. The molecular formula is C13H19N3O2. The Balaban J connectivity index is 2.40. The molecule has 2 heterocycles. The van der Waals surface area contributed by atoms with Gasteiger partial charge in [-0.05, 0) is 31.4 Å². The molecule has 1 aromatic rings. The van der Waals surface area contributed by atoms with Gasteiger partial charge in [0.2, 0.25) is 0 Å². The largest absolute Gasteiger partial charge is 0.383 e. The van der Waals surface area contributed by atoms with Gasteiger partial charge in [0.05, 0.1) is 11.0 Å². The lowest BCUT2D eigenvalue weighted by molar-refractivity contribution is 0.0200. The van der Waals surface area contributed by atoms with E-state index >= 15 is 0 Å². The van der Waals surface area contributed by atoms with Gasteiger partial charge in [-0.3, -0.25) is 4.79 Å². The summed E-state index contributed by atoms with van der Waals surface area (Å²) in [5.74, 6) is 0.302. The smallest absolute Gasteiger partial charge is 0.174 e. The number of anilines is 1. The number of nitrogens with zero attached hydrogens (tertiary/aromatic N) is 1. The summed E-state index contributed by atoms with van der Waals surface area (Å²) in [4.78, 5) is 16.7. The van der Waals surface area contributed by atoms with Crippen LogP contribution in [0.1, 0.15) is 28.8 Å². The highest BCUT2D eigenvalue weighted by atomic mass is 16.5. The molecule has 0 atom stereocenters. The van der Waals surface area contributed by atoms with Gasteiger partial charge in [0, 0.05) is 26.0 Å². The molecule has 0 saturated carbocycles. The van der Waals surface area contributed by atoms with Crippen LogP contribution < -0.4 is 11.5 Å². The minimum Gasteiger partial charge on any atom is -0.383 e. The number of pyridine rings is 1. The fraction of sp³-hybridized carbons (Fsp3) is 0.538. The minimum absolute atomic E-state index is 0.0106. The molecule has 0 aliphatic carbocycles. The molecule has 1 aromatic heterocycles. The molecule has 5 heteroatoms. The van der Waals surface area contributed by atoms with Crippen molar-refractivity contribution in [3.63, 3.8) is 0 Å². The molecule has 2 rings (SSSR count). The Labute approximate surface area is 107 Å². The summed E-state index contributed by atoms with van der Waals surface area (Å²) in [5.41, 5.74) is 12.5. The van der Waals surface area contributed by atoms with Crippen molar-refractivity contribution in [1.29, 1.82) is 0 Å². The number of ether oxygens (including phenoxy) is 1. The molecular weight excluding hydrogens is 230 g/mol. The summed E-state index contributed by atoms with van der Waals surface area (Å²) in [6.07, 6.45) is 2.91.